The highest BCUT2D eigenvalue weighted by molar-refractivity contribution is 5.97. The summed E-state index contributed by atoms with van der Waals surface area (Å²) >= 11 is 0. The molecule has 1 amide bonds. The molecule has 20 heavy (non-hydrogen) atoms. The molecule has 0 radical (unpaired) electrons. The van der Waals surface area contributed by atoms with Crippen molar-refractivity contribution in [2.75, 3.05) is 14.1 Å². The molecule has 0 spiro atoms. The van der Waals surface area contributed by atoms with Gasteiger partial charge in [0.1, 0.15) is 0 Å². The van der Waals surface area contributed by atoms with Gasteiger partial charge < -0.3 is 15.8 Å². The third kappa shape index (κ3) is 2.61. The van der Waals surface area contributed by atoms with Crippen LogP contribution in [0.3, 0.4) is 0 Å². The van der Waals surface area contributed by atoms with Gasteiger partial charge in [0.2, 0.25) is 5.91 Å². The van der Waals surface area contributed by atoms with Crippen molar-refractivity contribution in [2.24, 2.45) is 10.9 Å². The van der Waals surface area contributed by atoms with Gasteiger partial charge in [-0.05, 0) is 18.4 Å². The Kier molecular flexibility index (Phi) is 3.97. The smallest absolute Gasteiger partial charge is 0.222 e. The van der Waals surface area contributed by atoms with Crippen molar-refractivity contribution in [3.05, 3.63) is 35.4 Å². The van der Waals surface area contributed by atoms with Crippen LogP contribution in [0.25, 0.3) is 0 Å². The average molecular weight is 275 g/mol. The number of hydrogen-bond acceptors (Lipinski definition) is 3. The molecule has 1 aromatic rings. The standard InChI is InChI=1S/C15H21N3O2/c1-18(2)13(19)10-15(8-3-9-15)12-6-4-11(5-7-12)14(16)17-20/h4-7,20H,3,8-10H2,1-2H3,(H2,16,17). The lowest BCUT2D eigenvalue weighted by Gasteiger charge is -2.42. The van der Waals surface area contributed by atoms with Crippen molar-refractivity contribution in [1.82, 2.24) is 4.90 Å². The van der Waals surface area contributed by atoms with Crippen LogP contribution in [0.2, 0.25) is 0 Å². The molecule has 1 fully saturated rings. The number of hydrogen-bond donors (Lipinski definition) is 2. The molecule has 0 unspecified atom stereocenters. The van der Waals surface area contributed by atoms with E-state index >= 15 is 0 Å². The summed E-state index contributed by atoms with van der Waals surface area (Å²) in [5.74, 6) is 0.258. The maximum Gasteiger partial charge on any atom is 0.222 e. The number of rotatable bonds is 4. The Balaban J connectivity index is 2.22. The zero-order valence-corrected chi connectivity index (χ0v) is 12.0. The molecule has 3 N–H and O–H groups in total. The van der Waals surface area contributed by atoms with Crippen molar-refractivity contribution in [2.45, 2.75) is 31.1 Å². The number of oxime groups is 1. The summed E-state index contributed by atoms with van der Waals surface area (Å²) in [5, 5.41) is 11.7. The molecule has 0 aliphatic heterocycles. The van der Waals surface area contributed by atoms with Crippen LogP contribution < -0.4 is 5.73 Å². The van der Waals surface area contributed by atoms with Crippen LogP contribution in [0.4, 0.5) is 0 Å². The minimum Gasteiger partial charge on any atom is -0.409 e. The van der Waals surface area contributed by atoms with Crippen LogP contribution in [0, 0.1) is 0 Å². The van der Waals surface area contributed by atoms with Gasteiger partial charge >= 0.3 is 0 Å². The van der Waals surface area contributed by atoms with Gasteiger partial charge in [-0.3, -0.25) is 4.79 Å². The van der Waals surface area contributed by atoms with Gasteiger partial charge in [0.25, 0.3) is 0 Å². The number of carbonyl (C=O) groups excluding carboxylic acids is 1. The third-order valence-corrected chi connectivity index (χ3v) is 4.20. The summed E-state index contributed by atoms with van der Waals surface area (Å²) < 4.78 is 0. The maximum absolute atomic E-state index is 12.0. The Morgan fingerprint density at radius 1 is 1.35 bits per heavy atom. The largest absolute Gasteiger partial charge is 0.409 e. The first-order chi connectivity index (χ1) is 9.48. The highest BCUT2D eigenvalue weighted by Crippen LogP contribution is 2.46. The van der Waals surface area contributed by atoms with Crippen LogP contribution in [0.1, 0.15) is 36.8 Å². The Labute approximate surface area is 119 Å². The van der Waals surface area contributed by atoms with Crippen molar-refractivity contribution >= 4 is 11.7 Å². The second-order valence-corrected chi connectivity index (χ2v) is 5.66. The average Bonchev–Trinajstić information content (AvgIpc) is 2.41. The molecule has 1 saturated carbocycles. The first kappa shape index (κ1) is 14.4. The number of nitrogens with zero attached hydrogens (tertiary/aromatic N) is 2. The highest BCUT2D eigenvalue weighted by atomic mass is 16.4. The molecule has 0 saturated heterocycles. The van der Waals surface area contributed by atoms with Gasteiger partial charge in [-0.15, -0.1) is 0 Å². The maximum atomic E-state index is 12.0. The minimum atomic E-state index is -0.0367. The summed E-state index contributed by atoms with van der Waals surface area (Å²) in [7, 11) is 3.58. The van der Waals surface area contributed by atoms with E-state index in [0.717, 1.165) is 24.8 Å². The molecule has 5 heteroatoms. The summed E-state index contributed by atoms with van der Waals surface area (Å²) in [6, 6.07) is 7.64. The van der Waals surface area contributed by atoms with E-state index in [9.17, 15) is 4.79 Å². The first-order valence-corrected chi connectivity index (χ1v) is 6.77. The number of amidine groups is 1. The van der Waals surface area contributed by atoms with E-state index < -0.39 is 0 Å². The fraction of sp³-hybridized carbons (Fsp3) is 0.467. The Hall–Kier alpha value is -2.04. The Morgan fingerprint density at radius 2 is 1.95 bits per heavy atom. The molecular weight excluding hydrogens is 254 g/mol. The summed E-state index contributed by atoms with van der Waals surface area (Å²) in [4.78, 5) is 13.6. The van der Waals surface area contributed by atoms with E-state index in [4.69, 9.17) is 10.9 Å². The van der Waals surface area contributed by atoms with Crippen LogP contribution in [-0.4, -0.2) is 35.9 Å². The topological polar surface area (TPSA) is 78.9 Å². The summed E-state index contributed by atoms with van der Waals surface area (Å²) in [5.41, 5.74) is 7.37. The Morgan fingerprint density at radius 3 is 2.35 bits per heavy atom. The molecule has 1 aliphatic rings. The number of carbonyl (C=O) groups is 1. The van der Waals surface area contributed by atoms with Gasteiger partial charge in [0.15, 0.2) is 5.84 Å². The van der Waals surface area contributed by atoms with Gasteiger partial charge in [0.05, 0.1) is 0 Å². The van der Waals surface area contributed by atoms with E-state index in [1.165, 1.54) is 0 Å². The zero-order chi connectivity index (χ0) is 14.8. The van der Waals surface area contributed by atoms with Crippen molar-refractivity contribution < 1.29 is 10.0 Å². The van der Waals surface area contributed by atoms with E-state index in [1.807, 2.05) is 24.3 Å². The summed E-state index contributed by atoms with van der Waals surface area (Å²) in [6.07, 6.45) is 3.77. The molecular formula is C15H21N3O2. The van der Waals surface area contributed by atoms with Gasteiger partial charge in [-0.25, -0.2) is 0 Å². The molecule has 1 aliphatic carbocycles. The molecule has 0 aromatic heterocycles. The summed E-state index contributed by atoms with van der Waals surface area (Å²) in [6.45, 7) is 0. The predicted octanol–water partition coefficient (Wildman–Crippen LogP) is 1.68. The monoisotopic (exact) mass is 275 g/mol. The fourth-order valence-electron chi connectivity index (χ4n) is 2.67. The van der Waals surface area contributed by atoms with Gasteiger partial charge in [0, 0.05) is 31.5 Å². The van der Waals surface area contributed by atoms with Gasteiger partial charge in [-0.1, -0.05) is 35.8 Å². The SMILES string of the molecule is CN(C)C(=O)CC1(c2ccc(/C(N)=N\O)cc2)CCC1. The van der Waals surface area contributed by atoms with Crippen LogP contribution in [0.5, 0.6) is 0 Å². The van der Waals surface area contributed by atoms with Crippen LogP contribution in [0.15, 0.2) is 29.4 Å². The van der Waals surface area contributed by atoms with Crippen molar-refractivity contribution in [1.29, 1.82) is 0 Å². The third-order valence-electron chi connectivity index (χ3n) is 4.20. The predicted molar refractivity (Wildman–Crippen MR) is 77.8 cm³/mol. The molecule has 0 atom stereocenters. The molecule has 2 rings (SSSR count). The van der Waals surface area contributed by atoms with Crippen molar-refractivity contribution in [3.8, 4) is 0 Å². The lowest BCUT2D eigenvalue weighted by atomic mass is 9.62. The molecule has 108 valence electrons. The van der Waals surface area contributed by atoms with E-state index in [-0.39, 0.29) is 17.2 Å². The second kappa shape index (κ2) is 5.53. The lowest BCUT2D eigenvalue weighted by molar-refractivity contribution is -0.130. The second-order valence-electron chi connectivity index (χ2n) is 5.66. The highest BCUT2D eigenvalue weighted by Gasteiger charge is 2.40. The zero-order valence-electron chi connectivity index (χ0n) is 12.0. The van der Waals surface area contributed by atoms with Crippen molar-refractivity contribution in [3.63, 3.8) is 0 Å². The Bertz CT molecular complexity index is 516. The van der Waals surface area contributed by atoms with E-state index in [0.29, 0.717) is 12.0 Å². The molecule has 0 heterocycles. The normalized spacial score (nSPS) is 17.4. The number of nitrogens with two attached hydrogens (primary N) is 1. The molecule has 1 aromatic carbocycles. The fourth-order valence-corrected chi connectivity index (χ4v) is 2.67. The quantitative estimate of drug-likeness (QED) is 0.380. The van der Waals surface area contributed by atoms with E-state index in [2.05, 4.69) is 5.16 Å². The van der Waals surface area contributed by atoms with Crippen LogP contribution in [-0.2, 0) is 10.2 Å². The minimum absolute atomic E-state index is 0.0367. The van der Waals surface area contributed by atoms with Crippen LogP contribution >= 0.6 is 0 Å². The molecule has 5 nitrogen and oxygen atoms in total. The lowest BCUT2D eigenvalue weighted by Crippen LogP contribution is -2.39. The number of benzene rings is 1. The van der Waals surface area contributed by atoms with E-state index in [1.54, 1.807) is 19.0 Å². The number of amides is 1. The van der Waals surface area contributed by atoms with Gasteiger partial charge in [-0.2, -0.15) is 0 Å². The first-order valence-electron chi connectivity index (χ1n) is 6.77. The molecule has 0 bridgehead atoms.